The van der Waals surface area contributed by atoms with Crippen LogP contribution < -0.4 is 5.32 Å². The molecule has 2 fully saturated rings. The van der Waals surface area contributed by atoms with Crippen LogP contribution in [-0.2, 0) is 15.4 Å². The molecule has 2 saturated heterocycles. The lowest BCUT2D eigenvalue weighted by Gasteiger charge is -2.18. The summed E-state index contributed by atoms with van der Waals surface area (Å²) >= 11 is 0. The maximum Gasteiger partial charge on any atom is 0.246 e. The van der Waals surface area contributed by atoms with E-state index in [4.69, 9.17) is 4.52 Å². The summed E-state index contributed by atoms with van der Waals surface area (Å²) in [5.41, 5.74) is -0.247. The Morgan fingerprint density at radius 2 is 2.33 bits per heavy atom. The summed E-state index contributed by atoms with van der Waals surface area (Å²) in [5.74, 6) is 1.41. The lowest BCUT2D eigenvalue weighted by Crippen LogP contribution is -2.33. The molecule has 2 unspecified atom stereocenters. The Bertz CT molecular complexity index is 546. The fourth-order valence-electron chi connectivity index (χ4n) is 2.70. The molecular formula is C11H17N3O3S. The number of aromatic nitrogens is 2. The van der Waals surface area contributed by atoms with Crippen molar-refractivity contribution in [3.05, 3.63) is 11.7 Å². The molecule has 6 nitrogen and oxygen atoms in total. The minimum absolute atomic E-state index is 0.0995. The Hall–Kier alpha value is -0.950. The molecule has 7 heteroatoms. The van der Waals surface area contributed by atoms with Gasteiger partial charge in [-0.15, -0.1) is 0 Å². The second-order valence-electron chi connectivity index (χ2n) is 5.42. The molecule has 2 aliphatic rings. The van der Waals surface area contributed by atoms with Crippen molar-refractivity contribution >= 4 is 9.84 Å². The Balaban J connectivity index is 1.82. The molecule has 3 rings (SSSR count). The van der Waals surface area contributed by atoms with Gasteiger partial charge in [0.15, 0.2) is 15.7 Å². The van der Waals surface area contributed by atoms with E-state index >= 15 is 0 Å². The van der Waals surface area contributed by atoms with Crippen LogP contribution in [0, 0.1) is 0 Å². The summed E-state index contributed by atoms with van der Waals surface area (Å²) in [7, 11) is -2.91. The number of nitrogens with one attached hydrogen (secondary N) is 1. The molecule has 1 N–H and O–H groups in total. The first kappa shape index (κ1) is 12.1. The monoisotopic (exact) mass is 271 g/mol. The number of hydrogen-bond donors (Lipinski definition) is 1. The van der Waals surface area contributed by atoms with Crippen LogP contribution in [-0.4, -0.2) is 36.6 Å². The molecule has 1 aromatic rings. The average Bonchev–Trinajstić information content (AvgIpc) is 2.97. The minimum Gasteiger partial charge on any atom is -0.337 e. The fourth-order valence-corrected chi connectivity index (χ4v) is 4.44. The quantitative estimate of drug-likeness (QED) is 0.846. The van der Waals surface area contributed by atoms with Gasteiger partial charge in [0.1, 0.15) is 0 Å². The zero-order valence-electron chi connectivity index (χ0n) is 10.3. The molecule has 3 heterocycles. The van der Waals surface area contributed by atoms with Crippen LogP contribution >= 0.6 is 0 Å². The lowest BCUT2D eigenvalue weighted by molar-refractivity contribution is 0.274. The van der Waals surface area contributed by atoms with E-state index in [0.29, 0.717) is 18.1 Å². The fraction of sp³-hybridized carbons (Fsp3) is 0.818. The number of rotatable bonds is 2. The maximum atomic E-state index is 11.4. The highest BCUT2D eigenvalue weighted by Gasteiger charge is 2.38. The summed E-state index contributed by atoms with van der Waals surface area (Å²) in [6.45, 7) is 2.99. The topological polar surface area (TPSA) is 85.1 Å². The molecule has 100 valence electrons. The second kappa shape index (κ2) is 4.03. The summed E-state index contributed by atoms with van der Waals surface area (Å²) in [6.07, 6.45) is 2.66. The third-order valence-corrected chi connectivity index (χ3v) is 5.65. The summed E-state index contributed by atoms with van der Waals surface area (Å²) in [5, 5.41) is 7.32. The molecule has 2 aliphatic heterocycles. The highest BCUT2D eigenvalue weighted by Crippen LogP contribution is 2.32. The van der Waals surface area contributed by atoms with Crippen LogP contribution in [0.25, 0.3) is 0 Å². The Kier molecular flexibility index (Phi) is 2.71. The number of sulfone groups is 1. The van der Waals surface area contributed by atoms with E-state index < -0.39 is 9.84 Å². The molecule has 0 aromatic carbocycles. The van der Waals surface area contributed by atoms with Gasteiger partial charge in [0.05, 0.1) is 17.0 Å². The number of hydrogen-bond acceptors (Lipinski definition) is 6. The van der Waals surface area contributed by atoms with Crippen molar-refractivity contribution in [2.75, 3.05) is 18.1 Å². The second-order valence-corrected chi connectivity index (χ2v) is 7.65. The van der Waals surface area contributed by atoms with Gasteiger partial charge in [-0.2, -0.15) is 4.98 Å². The van der Waals surface area contributed by atoms with E-state index in [1.54, 1.807) is 0 Å². The lowest BCUT2D eigenvalue weighted by atomic mass is 10.0. The molecule has 1 aromatic heterocycles. The van der Waals surface area contributed by atoms with Crippen LogP contribution in [0.4, 0.5) is 0 Å². The molecule has 2 atom stereocenters. The van der Waals surface area contributed by atoms with Crippen molar-refractivity contribution in [1.29, 1.82) is 0 Å². The highest BCUT2D eigenvalue weighted by atomic mass is 32.2. The van der Waals surface area contributed by atoms with Crippen molar-refractivity contribution in [2.24, 2.45) is 0 Å². The third kappa shape index (κ3) is 2.05. The van der Waals surface area contributed by atoms with E-state index in [2.05, 4.69) is 15.5 Å². The van der Waals surface area contributed by atoms with E-state index in [-0.39, 0.29) is 23.0 Å². The van der Waals surface area contributed by atoms with Gasteiger partial charge in [-0.3, -0.25) is 0 Å². The largest absolute Gasteiger partial charge is 0.337 e. The van der Waals surface area contributed by atoms with Crippen molar-refractivity contribution in [3.63, 3.8) is 0 Å². The van der Waals surface area contributed by atoms with Crippen molar-refractivity contribution in [3.8, 4) is 0 Å². The zero-order chi connectivity index (χ0) is 12.8. The first-order chi connectivity index (χ1) is 8.49. The van der Waals surface area contributed by atoms with Gasteiger partial charge < -0.3 is 9.84 Å². The molecule has 0 spiro atoms. The summed E-state index contributed by atoms with van der Waals surface area (Å²) in [6, 6.07) is 0. The Morgan fingerprint density at radius 3 is 2.94 bits per heavy atom. The molecule has 0 amide bonds. The Labute approximate surface area is 106 Å². The maximum absolute atomic E-state index is 11.4. The van der Waals surface area contributed by atoms with Gasteiger partial charge in [0.2, 0.25) is 5.89 Å². The standard InChI is InChI=1S/C11H17N3O3S/c1-11(4-2-5-12-11)10-13-9(14-17-10)8-3-6-18(15,16)7-8/h8,12H,2-7H2,1H3. The number of nitrogens with zero attached hydrogens (tertiary/aromatic N) is 2. The van der Waals surface area contributed by atoms with Crippen molar-refractivity contribution < 1.29 is 12.9 Å². The van der Waals surface area contributed by atoms with Crippen LogP contribution in [0.5, 0.6) is 0 Å². The van der Waals surface area contributed by atoms with Gasteiger partial charge in [-0.25, -0.2) is 8.42 Å². The van der Waals surface area contributed by atoms with Crippen LogP contribution in [0.2, 0.25) is 0 Å². The van der Waals surface area contributed by atoms with Gasteiger partial charge >= 0.3 is 0 Å². The van der Waals surface area contributed by atoms with E-state index in [9.17, 15) is 8.42 Å². The van der Waals surface area contributed by atoms with Crippen LogP contribution in [0.1, 0.15) is 43.8 Å². The van der Waals surface area contributed by atoms with E-state index in [0.717, 1.165) is 19.4 Å². The van der Waals surface area contributed by atoms with Gasteiger partial charge in [-0.05, 0) is 32.7 Å². The molecule has 0 bridgehead atoms. The van der Waals surface area contributed by atoms with Crippen molar-refractivity contribution in [2.45, 2.75) is 37.6 Å². The predicted octanol–water partition coefficient (Wildman–Crippen LogP) is 0.570. The van der Waals surface area contributed by atoms with E-state index in [1.165, 1.54) is 0 Å². The van der Waals surface area contributed by atoms with Crippen molar-refractivity contribution in [1.82, 2.24) is 15.5 Å². The SMILES string of the molecule is CC1(c2nc(C3CCS(=O)(=O)C3)no2)CCCN1. The van der Waals surface area contributed by atoms with Crippen LogP contribution in [0.15, 0.2) is 4.52 Å². The average molecular weight is 271 g/mol. The first-order valence-electron chi connectivity index (χ1n) is 6.28. The predicted molar refractivity (Wildman–Crippen MR) is 64.9 cm³/mol. The summed E-state index contributed by atoms with van der Waals surface area (Å²) in [4.78, 5) is 4.41. The molecule has 0 aliphatic carbocycles. The summed E-state index contributed by atoms with van der Waals surface area (Å²) < 4.78 is 28.2. The smallest absolute Gasteiger partial charge is 0.246 e. The normalized spacial score (nSPS) is 35.1. The Morgan fingerprint density at radius 1 is 1.50 bits per heavy atom. The molecule has 0 saturated carbocycles. The van der Waals surface area contributed by atoms with Gasteiger partial charge in [0.25, 0.3) is 0 Å². The zero-order valence-corrected chi connectivity index (χ0v) is 11.2. The molecular weight excluding hydrogens is 254 g/mol. The van der Waals surface area contributed by atoms with Crippen LogP contribution in [0.3, 0.4) is 0 Å². The highest BCUT2D eigenvalue weighted by molar-refractivity contribution is 7.91. The van der Waals surface area contributed by atoms with E-state index in [1.807, 2.05) is 6.92 Å². The third-order valence-electron chi connectivity index (χ3n) is 3.88. The van der Waals surface area contributed by atoms with Gasteiger partial charge in [0, 0.05) is 5.92 Å². The molecule has 0 radical (unpaired) electrons. The van der Waals surface area contributed by atoms with Gasteiger partial charge in [-0.1, -0.05) is 5.16 Å². The molecule has 18 heavy (non-hydrogen) atoms. The minimum atomic E-state index is -2.91. The first-order valence-corrected chi connectivity index (χ1v) is 8.10.